The number of unbranched alkanes of at least 4 members (excludes halogenated alkanes) is 1. The fourth-order valence-corrected chi connectivity index (χ4v) is 5.84. The van der Waals surface area contributed by atoms with Gasteiger partial charge in [-0.25, -0.2) is 0 Å². The number of alkyl halides is 36. The average molecular weight is 1320 g/mol. The zero-order valence-corrected chi connectivity index (χ0v) is 35.4. The lowest BCUT2D eigenvalue weighted by Gasteiger charge is -2.43. The van der Waals surface area contributed by atoms with Gasteiger partial charge in [0.1, 0.15) is 13.2 Å². The van der Waals surface area contributed by atoms with Gasteiger partial charge in [-0.1, -0.05) is 45.2 Å². The molecule has 0 heterocycles. The zero-order valence-electron chi connectivity index (χ0n) is 31.1. The normalized spacial score (nSPS) is 16.7. The standard InChI is InChI=1S/C28H18F34I2O4/c29-13(30,15(33,34)17(37,38)19(41,42)21(45,46)23(49,50)25(53,54)27(57,58)59)5-9(63)7-67-11(65)3-1-2-4-12(66)68-8-10(64)6-14(31,32)16(35,36)18(39,40)20(43,44)22(47,48)24(51,52)26(55,56)28(60,61)62/h9-10H,1-8H2. The van der Waals surface area contributed by atoms with E-state index in [-0.39, 0.29) is 0 Å². The van der Waals surface area contributed by atoms with Crippen LogP contribution in [0.1, 0.15) is 38.5 Å². The van der Waals surface area contributed by atoms with E-state index in [0.717, 1.165) is 0 Å². The van der Waals surface area contributed by atoms with Crippen molar-refractivity contribution in [3.05, 3.63) is 0 Å². The van der Waals surface area contributed by atoms with Crippen LogP contribution in [0.5, 0.6) is 0 Å². The van der Waals surface area contributed by atoms with Gasteiger partial charge in [0.15, 0.2) is 0 Å². The predicted octanol–water partition coefficient (Wildman–Crippen LogP) is 14.0. The molecule has 0 aliphatic heterocycles. The third kappa shape index (κ3) is 11.1. The molecule has 0 saturated heterocycles. The Bertz CT molecular complexity index is 1610. The van der Waals surface area contributed by atoms with Crippen molar-refractivity contribution in [3.8, 4) is 0 Å². The van der Waals surface area contributed by atoms with E-state index in [9.17, 15) is 159 Å². The van der Waals surface area contributed by atoms with E-state index in [1.54, 1.807) is 0 Å². The zero-order chi connectivity index (χ0) is 55.4. The highest BCUT2D eigenvalue weighted by atomic mass is 127. The van der Waals surface area contributed by atoms with Crippen molar-refractivity contribution in [1.29, 1.82) is 0 Å². The molecule has 0 aromatic heterocycles. The maximum atomic E-state index is 14.2. The van der Waals surface area contributed by atoms with E-state index in [1.165, 1.54) is 0 Å². The molecule has 0 amide bonds. The monoisotopic (exact) mass is 1320 g/mol. The summed E-state index contributed by atoms with van der Waals surface area (Å²) in [5.41, 5.74) is 0. The van der Waals surface area contributed by atoms with Gasteiger partial charge in [-0.2, -0.15) is 149 Å². The molecule has 0 spiro atoms. The summed E-state index contributed by atoms with van der Waals surface area (Å²) in [4.78, 5) is 23.5. The van der Waals surface area contributed by atoms with E-state index >= 15 is 0 Å². The van der Waals surface area contributed by atoms with Crippen molar-refractivity contribution in [2.75, 3.05) is 13.2 Å². The first-order valence-corrected chi connectivity index (χ1v) is 18.8. The molecule has 0 radical (unpaired) electrons. The largest absolute Gasteiger partial charge is 0.465 e. The molecule has 0 rings (SSSR count). The maximum absolute atomic E-state index is 14.2. The highest BCUT2D eigenvalue weighted by Crippen LogP contribution is 2.66. The minimum absolute atomic E-state index is 0.483. The Morgan fingerprint density at radius 1 is 0.309 bits per heavy atom. The highest BCUT2D eigenvalue weighted by molar-refractivity contribution is 14.1. The van der Waals surface area contributed by atoms with Gasteiger partial charge in [0.25, 0.3) is 0 Å². The fourth-order valence-electron chi connectivity index (χ4n) is 4.37. The van der Waals surface area contributed by atoms with Crippen molar-refractivity contribution < 1.29 is 168 Å². The third-order valence-corrected chi connectivity index (χ3v) is 9.99. The molecule has 406 valence electrons. The van der Waals surface area contributed by atoms with Crippen molar-refractivity contribution >= 4 is 57.1 Å². The molecule has 0 aromatic carbocycles. The van der Waals surface area contributed by atoms with Crippen molar-refractivity contribution in [3.63, 3.8) is 0 Å². The van der Waals surface area contributed by atoms with Gasteiger partial charge >= 0.3 is 107 Å². The summed E-state index contributed by atoms with van der Waals surface area (Å²) in [6, 6.07) is 0. The van der Waals surface area contributed by atoms with Crippen LogP contribution in [-0.2, 0) is 19.1 Å². The van der Waals surface area contributed by atoms with Crippen LogP contribution in [0.25, 0.3) is 0 Å². The molecular formula is C28H18F34I2O4. The number of hydrogen-bond acceptors (Lipinski definition) is 4. The molecular weight excluding hydrogens is 1300 g/mol. The van der Waals surface area contributed by atoms with Crippen LogP contribution in [0.3, 0.4) is 0 Å². The van der Waals surface area contributed by atoms with Gasteiger partial charge < -0.3 is 9.47 Å². The Balaban J connectivity index is 5.54. The second-order valence-corrected chi connectivity index (χ2v) is 17.0. The van der Waals surface area contributed by atoms with Gasteiger partial charge in [0.05, 0.1) is 7.85 Å². The molecule has 0 fully saturated rings. The van der Waals surface area contributed by atoms with Crippen LogP contribution < -0.4 is 0 Å². The van der Waals surface area contributed by atoms with Crippen LogP contribution in [0.4, 0.5) is 149 Å². The first-order chi connectivity index (χ1) is 29.3. The summed E-state index contributed by atoms with van der Waals surface area (Å²) in [6.45, 7) is -3.37. The molecule has 2 atom stereocenters. The molecule has 0 aliphatic carbocycles. The van der Waals surface area contributed by atoms with Crippen LogP contribution in [0.2, 0.25) is 0 Å². The molecule has 68 heavy (non-hydrogen) atoms. The average Bonchev–Trinajstić information content (AvgIpc) is 3.12. The molecule has 0 aliphatic rings. The predicted molar refractivity (Wildman–Crippen MR) is 167 cm³/mol. The number of hydrogen-bond donors (Lipinski definition) is 0. The van der Waals surface area contributed by atoms with Crippen LogP contribution in [0, 0.1) is 0 Å². The summed E-state index contributed by atoms with van der Waals surface area (Å²) >= 11 is 0.966. The van der Waals surface area contributed by atoms with Crippen molar-refractivity contribution in [1.82, 2.24) is 0 Å². The molecule has 4 nitrogen and oxygen atoms in total. The number of ether oxygens (including phenoxy) is 2. The molecule has 0 bridgehead atoms. The van der Waals surface area contributed by atoms with Gasteiger partial charge in [-0.15, -0.1) is 0 Å². The molecule has 0 aromatic rings. The number of halogens is 36. The van der Waals surface area contributed by atoms with Crippen LogP contribution in [-0.4, -0.2) is 128 Å². The first kappa shape index (κ1) is 66.0. The number of carbonyl (C=O) groups excluding carboxylic acids is 2. The van der Waals surface area contributed by atoms with Crippen LogP contribution in [0.15, 0.2) is 0 Å². The van der Waals surface area contributed by atoms with Crippen molar-refractivity contribution in [2.24, 2.45) is 0 Å². The van der Waals surface area contributed by atoms with Crippen LogP contribution >= 0.6 is 45.2 Å². The highest BCUT2D eigenvalue weighted by Gasteiger charge is 2.97. The Kier molecular flexibility index (Phi) is 19.2. The third-order valence-electron chi connectivity index (χ3n) is 8.39. The summed E-state index contributed by atoms with van der Waals surface area (Å²) in [7, 11) is 0. The van der Waals surface area contributed by atoms with Gasteiger partial charge in [0.2, 0.25) is 0 Å². The second-order valence-electron chi connectivity index (χ2n) is 13.5. The van der Waals surface area contributed by atoms with E-state index < -0.39 is 167 Å². The number of carbonyl (C=O) groups is 2. The Morgan fingerprint density at radius 3 is 0.676 bits per heavy atom. The van der Waals surface area contributed by atoms with Crippen molar-refractivity contribution in [2.45, 2.75) is 142 Å². The van der Waals surface area contributed by atoms with E-state index in [4.69, 9.17) is 0 Å². The quantitative estimate of drug-likeness (QED) is 0.0301. The SMILES string of the molecule is O=C(CCCCC(=O)OCC(I)CC(F)(F)C(F)(F)C(F)(F)C(F)(F)C(F)(F)C(F)(F)C(F)(F)C(F)(F)F)OCC(I)CC(F)(F)C(F)(F)C(F)(F)C(F)(F)C(F)(F)C(F)(F)C(F)(F)C(F)(F)F. The van der Waals surface area contributed by atoms with E-state index in [2.05, 4.69) is 9.47 Å². The topological polar surface area (TPSA) is 52.6 Å². The van der Waals surface area contributed by atoms with E-state index in [1.807, 2.05) is 0 Å². The Labute approximate surface area is 379 Å². The summed E-state index contributed by atoms with van der Waals surface area (Å²) < 4.78 is 460. The van der Waals surface area contributed by atoms with E-state index in [0.29, 0.717) is 45.2 Å². The molecule has 0 saturated carbocycles. The Morgan fingerprint density at radius 2 is 0.485 bits per heavy atom. The number of esters is 2. The molecule has 2 unspecified atom stereocenters. The lowest BCUT2D eigenvalue weighted by molar-refractivity contribution is -0.461. The maximum Gasteiger partial charge on any atom is 0.460 e. The Hall–Kier alpha value is -1.98. The fraction of sp³-hybridized carbons (Fsp3) is 0.929. The summed E-state index contributed by atoms with van der Waals surface area (Å²) in [6.07, 6.45) is -25.4. The minimum atomic E-state index is -8.88. The lowest BCUT2D eigenvalue weighted by atomic mass is 9.88. The second kappa shape index (κ2) is 19.8. The van der Waals surface area contributed by atoms with Gasteiger partial charge in [0, 0.05) is 25.7 Å². The van der Waals surface area contributed by atoms with Gasteiger partial charge in [-0.3, -0.25) is 9.59 Å². The summed E-state index contributed by atoms with van der Waals surface area (Å²) in [5, 5.41) is 0. The van der Waals surface area contributed by atoms with Gasteiger partial charge in [-0.05, 0) is 12.8 Å². The smallest absolute Gasteiger partial charge is 0.460 e. The lowest BCUT2D eigenvalue weighted by Crippen LogP contribution is -2.74. The summed E-state index contributed by atoms with van der Waals surface area (Å²) in [5.74, 6) is -120. The first-order valence-electron chi connectivity index (χ1n) is 16.3. The molecule has 40 heteroatoms. The number of rotatable bonds is 25. The minimum Gasteiger partial charge on any atom is -0.465 e. The molecule has 0 N–H and O–H groups in total.